The molecule has 0 aromatic heterocycles. The van der Waals surface area contributed by atoms with Crippen molar-refractivity contribution in [2.45, 2.75) is 58.1 Å². The van der Waals surface area contributed by atoms with Gasteiger partial charge in [-0.3, -0.25) is 4.90 Å². The number of rotatable bonds is 1. The molecule has 0 radical (unpaired) electrons. The first-order valence-corrected chi connectivity index (χ1v) is 8.48. The Kier molecular flexibility index (Phi) is 5.68. The standard InChI is InChI=1S/C19H24ClNO4/c1-18(2,3)25-17(23)21-15(12-24-19(21,4)5)10-11-16(22)13-6-8-14(20)9-7-13/h6-9,15-16,22H,12H2,1-5H3/t15?,16-/m1/s1. The van der Waals surface area contributed by atoms with E-state index >= 15 is 0 Å². The van der Waals surface area contributed by atoms with Gasteiger partial charge in [-0.2, -0.15) is 0 Å². The van der Waals surface area contributed by atoms with Crippen molar-refractivity contribution in [1.82, 2.24) is 4.90 Å². The van der Waals surface area contributed by atoms with Crippen LogP contribution in [0.15, 0.2) is 24.3 Å². The van der Waals surface area contributed by atoms with Gasteiger partial charge in [0.25, 0.3) is 0 Å². The molecular weight excluding hydrogens is 342 g/mol. The number of ether oxygens (including phenoxy) is 2. The van der Waals surface area contributed by atoms with E-state index in [2.05, 4.69) is 11.8 Å². The van der Waals surface area contributed by atoms with E-state index in [1.165, 1.54) is 4.90 Å². The minimum Gasteiger partial charge on any atom is -0.444 e. The van der Waals surface area contributed by atoms with Gasteiger partial charge < -0.3 is 14.6 Å². The Morgan fingerprint density at radius 3 is 2.56 bits per heavy atom. The van der Waals surface area contributed by atoms with Crippen LogP contribution >= 0.6 is 11.6 Å². The lowest BCUT2D eigenvalue weighted by Gasteiger charge is -2.33. The summed E-state index contributed by atoms with van der Waals surface area (Å²) in [5.74, 6) is 5.71. The van der Waals surface area contributed by atoms with Crippen LogP contribution in [0.3, 0.4) is 0 Å². The molecule has 0 spiro atoms. The summed E-state index contributed by atoms with van der Waals surface area (Å²) in [6, 6.07) is 6.31. The maximum Gasteiger partial charge on any atom is 0.413 e. The molecule has 0 saturated carbocycles. The van der Waals surface area contributed by atoms with Crippen LogP contribution in [0.2, 0.25) is 5.02 Å². The highest BCUT2D eigenvalue weighted by atomic mass is 35.5. The van der Waals surface area contributed by atoms with Crippen molar-refractivity contribution in [3.63, 3.8) is 0 Å². The number of amides is 1. The molecule has 0 aliphatic carbocycles. The molecule has 6 heteroatoms. The average molecular weight is 366 g/mol. The number of carbonyl (C=O) groups is 1. The summed E-state index contributed by atoms with van der Waals surface area (Å²) >= 11 is 5.84. The summed E-state index contributed by atoms with van der Waals surface area (Å²) in [4.78, 5) is 14.0. The lowest BCUT2D eigenvalue weighted by Crippen LogP contribution is -2.49. The van der Waals surface area contributed by atoms with Crippen molar-refractivity contribution >= 4 is 17.7 Å². The Morgan fingerprint density at radius 1 is 1.40 bits per heavy atom. The van der Waals surface area contributed by atoms with Gasteiger partial charge in [0.1, 0.15) is 23.5 Å². The Morgan fingerprint density at radius 2 is 2.00 bits per heavy atom. The largest absolute Gasteiger partial charge is 0.444 e. The summed E-state index contributed by atoms with van der Waals surface area (Å²) in [5.41, 5.74) is -0.803. The zero-order valence-corrected chi connectivity index (χ0v) is 15.9. The first-order chi connectivity index (χ1) is 11.5. The molecule has 1 heterocycles. The van der Waals surface area contributed by atoms with Crippen LogP contribution in [0, 0.1) is 11.8 Å². The minimum atomic E-state index is -0.971. The summed E-state index contributed by atoms with van der Waals surface area (Å²) in [7, 11) is 0. The van der Waals surface area contributed by atoms with Gasteiger partial charge in [-0.25, -0.2) is 4.79 Å². The van der Waals surface area contributed by atoms with Crippen LogP contribution in [0.1, 0.15) is 46.3 Å². The smallest absolute Gasteiger partial charge is 0.413 e. The van der Waals surface area contributed by atoms with Crippen molar-refractivity contribution in [2.75, 3.05) is 6.61 Å². The fourth-order valence-corrected chi connectivity index (χ4v) is 2.60. The molecule has 1 aromatic carbocycles. The number of nitrogens with zero attached hydrogens (tertiary/aromatic N) is 1. The van der Waals surface area contributed by atoms with Crippen molar-refractivity contribution in [1.29, 1.82) is 0 Å². The van der Waals surface area contributed by atoms with Gasteiger partial charge in [0.2, 0.25) is 0 Å². The third-order valence-corrected chi connectivity index (χ3v) is 3.90. The first-order valence-electron chi connectivity index (χ1n) is 8.10. The van der Waals surface area contributed by atoms with Gasteiger partial charge >= 0.3 is 6.09 Å². The van der Waals surface area contributed by atoms with Gasteiger partial charge in [0.05, 0.1) is 6.61 Å². The Hall–Kier alpha value is -1.74. The molecule has 1 saturated heterocycles. The molecule has 5 nitrogen and oxygen atoms in total. The number of aliphatic hydroxyl groups excluding tert-OH is 1. The molecule has 25 heavy (non-hydrogen) atoms. The van der Waals surface area contributed by atoms with E-state index in [9.17, 15) is 9.90 Å². The van der Waals surface area contributed by atoms with Gasteiger partial charge in [0, 0.05) is 5.02 Å². The normalized spacial score (nSPS) is 20.6. The van der Waals surface area contributed by atoms with Crippen molar-refractivity contribution in [3.8, 4) is 11.8 Å². The topological polar surface area (TPSA) is 59.0 Å². The number of aliphatic hydroxyl groups is 1. The summed E-state index contributed by atoms with van der Waals surface area (Å²) < 4.78 is 11.1. The van der Waals surface area contributed by atoms with Crippen LogP contribution in [-0.4, -0.2) is 40.1 Å². The van der Waals surface area contributed by atoms with Crippen LogP contribution in [0.25, 0.3) is 0 Å². The second-order valence-corrected chi connectivity index (χ2v) is 7.80. The Labute approximate surface area is 153 Å². The van der Waals surface area contributed by atoms with Gasteiger partial charge in [-0.1, -0.05) is 35.6 Å². The second kappa shape index (κ2) is 7.25. The van der Waals surface area contributed by atoms with Gasteiger partial charge in [-0.15, -0.1) is 0 Å². The highest BCUT2D eigenvalue weighted by molar-refractivity contribution is 6.30. The highest BCUT2D eigenvalue weighted by Crippen LogP contribution is 2.29. The quantitative estimate of drug-likeness (QED) is 0.770. The molecule has 1 aromatic rings. The monoisotopic (exact) mass is 365 g/mol. The van der Waals surface area contributed by atoms with Crippen molar-refractivity contribution < 1.29 is 19.4 Å². The zero-order valence-electron chi connectivity index (χ0n) is 15.2. The number of hydrogen-bond acceptors (Lipinski definition) is 4. The molecular formula is C19H24ClNO4. The van der Waals surface area contributed by atoms with E-state index in [1.807, 2.05) is 0 Å². The molecule has 1 N–H and O–H groups in total. The maximum absolute atomic E-state index is 12.5. The fourth-order valence-electron chi connectivity index (χ4n) is 2.47. The zero-order chi connectivity index (χ0) is 18.8. The predicted octanol–water partition coefficient (Wildman–Crippen LogP) is 3.75. The Balaban J connectivity index is 2.17. The second-order valence-electron chi connectivity index (χ2n) is 7.37. The average Bonchev–Trinajstić information content (AvgIpc) is 2.78. The molecule has 2 rings (SSSR count). The van der Waals surface area contributed by atoms with Crippen molar-refractivity contribution in [3.05, 3.63) is 34.9 Å². The molecule has 136 valence electrons. The number of benzene rings is 1. The predicted molar refractivity (Wildman–Crippen MR) is 96.1 cm³/mol. The summed E-state index contributed by atoms with van der Waals surface area (Å²) in [5, 5.41) is 10.8. The van der Waals surface area contributed by atoms with Crippen LogP contribution in [0.4, 0.5) is 4.79 Å². The van der Waals surface area contributed by atoms with E-state index in [-0.39, 0.29) is 6.61 Å². The lowest BCUT2D eigenvalue weighted by atomic mass is 10.1. The highest BCUT2D eigenvalue weighted by Gasteiger charge is 2.45. The minimum absolute atomic E-state index is 0.257. The molecule has 2 atom stereocenters. The van der Waals surface area contributed by atoms with E-state index in [0.29, 0.717) is 10.6 Å². The molecule has 1 aliphatic heterocycles. The lowest BCUT2D eigenvalue weighted by molar-refractivity contribution is -0.0608. The molecule has 1 fully saturated rings. The van der Waals surface area contributed by atoms with Crippen LogP contribution in [-0.2, 0) is 9.47 Å². The molecule has 1 aliphatic rings. The maximum atomic E-state index is 12.5. The van der Waals surface area contributed by atoms with E-state index in [0.717, 1.165) is 0 Å². The summed E-state index contributed by atoms with van der Waals surface area (Å²) in [6.45, 7) is 9.24. The van der Waals surface area contributed by atoms with Crippen molar-refractivity contribution in [2.24, 2.45) is 0 Å². The third kappa shape index (κ3) is 5.12. The fraction of sp³-hybridized carbons (Fsp3) is 0.526. The molecule has 0 bridgehead atoms. The van der Waals surface area contributed by atoms with Gasteiger partial charge in [0.15, 0.2) is 0 Å². The SMILES string of the molecule is CC(C)(C)OC(=O)N1C(C#C[C@@H](O)c2ccc(Cl)cc2)COC1(C)C. The van der Waals surface area contributed by atoms with Gasteiger partial charge in [-0.05, 0) is 52.3 Å². The van der Waals surface area contributed by atoms with E-state index < -0.39 is 29.6 Å². The number of hydrogen-bond donors (Lipinski definition) is 1. The van der Waals surface area contributed by atoms with E-state index in [1.54, 1.807) is 58.9 Å². The summed E-state index contributed by atoms with van der Waals surface area (Å²) in [6.07, 6.45) is -1.46. The number of halogens is 1. The van der Waals surface area contributed by atoms with E-state index in [4.69, 9.17) is 21.1 Å². The molecule has 1 unspecified atom stereocenters. The Bertz CT molecular complexity index is 682. The van der Waals surface area contributed by atoms with Crippen LogP contribution in [0.5, 0.6) is 0 Å². The third-order valence-electron chi connectivity index (χ3n) is 3.65. The van der Waals surface area contributed by atoms with Crippen LogP contribution < -0.4 is 0 Å². The first kappa shape index (κ1) is 19.6. The molecule has 1 amide bonds. The number of carbonyl (C=O) groups excluding carboxylic acids is 1.